The lowest BCUT2D eigenvalue weighted by atomic mass is 10.0. The van der Waals surface area contributed by atoms with E-state index in [1.54, 1.807) is 6.07 Å². The highest BCUT2D eigenvalue weighted by atomic mass is 35.5. The Labute approximate surface area is 85.9 Å². The average molecular weight is 212 g/mol. The molecular weight excluding hydrogens is 202 g/mol. The summed E-state index contributed by atoms with van der Waals surface area (Å²) in [6, 6.07) is 1.73. The van der Waals surface area contributed by atoms with Crippen LogP contribution in [0.2, 0.25) is 5.02 Å². The highest BCUT2D eigenvalue weighted by Gasteiger charge is 2.16. The number of halogens is 1. The molecule has 0 aliphatic heterocycles. The molecule has 2 aromatic rings. The molecule has 0 bridgehead atoms. The van der Waals surface area contributed by atoms with Gasteiger partial charge in [-0.1, -0.05) is 30.7 Å². The van der Waals surface area contributed by atoms with Crippen molar-refractivity contribution in [1.82, 2.24) is 15.4 Å². The van der Waals surface area contributed by atoms with E-state index in [1.807, 2.05) is 13.8 Å². The van der Waals surface area contributed by atoms with Gasteiger partial charge in [0.1, 0.15) is 5.75 Å². The number of nitrogens with one attached hydrogen (secondary N) is 1. The number of H-pyrrole nitrogens is 1. The monoisotopic (exact) mass is 211 g/mol. The zero-order valence-electron chi connectivity index (χ0n) is 7.87. The summed E-state index contributed by atoms with van der Waals surface area (Å²) in [7, 11) is 0. The third kappa shape index (κ3) is 1.23. The molecule has 1 heterocycles. The van der Waals surface area contributed by atoms with E-state index in [1.165, 1.54) is 0 Å². The summed E-state index contributed by atoms with van der Waals surface area (Å²) >= 11 is 6.02. The van der Waals surface area contributed by atoms with Gasteiger partial charge in [0.2, 0.25) is 0 Å². The minimum Gasteiger partial charge on any atom is -0.505 e. The van der Waals surface area contributed by atoms with Crippen LogP contribution in [0, 0.1) is 0 Å². The molecular formula is C9H10ClN3O. The van der Waals surface area contributed by atoms with Gasteiger partial charge in [0.15, 0.2) is 5.52 Å². The van der Waals surface area contributed by atoms with Gasteiger partial charge in [-0.2, -0.15) is 0 Å². The Morgan fingerprint density at radius 3 is 2.86 bits per heavy atom. The standard InChI is InChI=1S/C9H10ClN3O/c1-4(2)7-5(10)3-6-8(9(7)14)12-13-11-6/h3-4,14H,1-2H3,(H,11,12,13). The first-order chi connectivity index (χ1) is 6.61. The number of benzene rings is 1. The van der Waals surface area contributed by atoms with Crippen LogP contribution in [0.15, 0.2) is 6.07 Å². The van der Waals surface area contributed by atoms with Crippen molar-refractivity contribution in [3.63, 3.8) is 0 Å². The molecule has 0 fully saturated rings. The van der Waals surface area contributed by atoms with Crippen LogP contribution in [0.3, 0.4) is 0 Å². The smallest absolute Gasteiger partial charge is 0.154 e. The predicted molar refractivity (Wildman–Crippen MR) is 54.7 cm³/mol. The fourth-order valence-corrected chi connectivity index (χ4v) is 1.92. The summed E-state index contributed by atoms with van der Waals surface area (Å²) < 4.78 is 0. The maximum Gasteiger partial charge on any atom is 0.154 e. The van der Waals surface area contributed by atoms with Crippen molar-refractivity contribution in [1.29, 1.82) is 0 Å². The Morgan fingerprint density at radius 2 is 2.21 bits per heavy atom. The Balaban J connectivity index is 2.82. The van der Waals surface area contributed by atoms with Gasteiger partial charge >= 0.3 is 0 Å². The van der Waals surface area contributed by atoms with E-state index in [9.17, 15) is 5.11 Å². The summed E-state index contributed by atoms with van der Waals surface area (Å²) in [6.45, 7) is 3.93. The van der Waals surface area contributed by atoms with Crippen LogP contribution in [-0.4, -0.2) is 20.5 Å². The van der Waals surface area contributed by atoms with Crippen molar-refractivity contribution in [2.45, 2.75) is 19.8 Å². The van der Waals surface area contributed by atoms with Crippen LogP contribution < -0.4 is 0 Å². The lowest BCUT2D eigenvalue weighted by Gasteiger charge is -2.10. The van der Waals surface area contributed by atoms with Gasteiger partial charge in [0.05, 0.1) is 5.52 Å². The normalized spacial score (nSPS) is 11.4. The summed E-state index contributed by atoms with van der Waals surface area (Å²) in [4.78, 5) is 0. The minimum absolute atomic E-state index is 0.122. The van der Waals surface area contributed by atoms with Crippen LogP contribution in [-0.2, 0) is 0 Å². The molecule has 0 saturated carbocycles. The Kier molecular flexibility index (Phi) is 2.07. The number of phenols is 1. The zero-order chi connectivity index (χ0) is 10.3. The second-order valence-electron chi connectivity index (χ2n) is 3.48. The molecule has 0 aliphatic rings. The van der Waals surface area contributed by atoms with Crippen molar-refractivity contribution >= 4 is 22.6 Å². The first-order valence-electron chi connectivity index (χ1n) is 4.33. The third-order valence-electron chi connectivity index (χ3n) is 2.16. The van der Waals surface area contributed by atoms with E-state index in [0.29, 0.717) is 21.6 Å². The third-order valence-corrected chi connectivity index (χ3v) is 2.47. The van der Waals surface area contributed by atoms with Gasteiger partial charge < -0.3 is 5.11 Å². The van der Waals surface area contributed by atoms with Crippen LogP contribution in [0.5, 0.6) is 5.75 Å². The fourth-order valence-electron chi connectivity index (χ4n) is 1.51. The second-order valence-corrected chi connectivity index (χ2v) is 3.89. The molecule has 74 valence electrons. The molecule has 0 saturated heterocycles. The van der Waals surface area contributed by atoms with Crippen LogP contribution in [0.4, 0.5) is 0 Å². The highest BCUT2D eigenvalue weighted by Crippen LogP contribution is 2.36. The van der Waals surface area contributed by atoms with E-state index in [-0.39, 0.29) is 11.7 Å². The van der Waals surface area contributed by atoms with Crippen LogP contribution >= 0.6 is 11.6 Å². The number of fused-ring (bicyclic) bond motifs is 1. The molecule has 2 N–H and O–H groups in total. The fraction of sp³-hybridized carbons (Fsp3) is 0.333. The number of aromatic amines is 1. The first-order valence-corrected chi connectivity index (χ1v) is 4.71. The molecule has 5 heteroatoms. The van der Waals surface area contributed by atoms with Gasteiger partial charge in [0, 0.05) is 10.6 Å². The molecule has 0 radical (unpaired) electrons. The number of hydrogen-bond acceptors (Lipinski definition) is 3. The van der Waals surface area contributed by atoms with Gasteiger partial charge in [-0.3, -0.25) is 5.10 Å². The Bertz CT molecular complexity index is 478. The topological polar surface area (TPSA) is 61.8 Å². The van der Waals surface area contributed by atoms with Crippen molar-refractivity contribution in [2.75, 3.05) is 0 Å². The molecule has 0 atom stereocenters. The zero-order valence-corrected chi connectivity index (χ0v) is 8.63. The molecule has 0 unspecified atom stereocenters. The predicted octanol–water partition coefficient (Wildman–Crippen LogP) is 2.44. The van der Waals surface area contributed by atoms with E-state index in [2.05, 4.69) is 15.4 Å². The number of hydrogen-bond donors (Lipinski definition) is 2. The second kappa shape index (κ2) is 3.13. The molecule has 0 amide bonds. The van der Waals surface area contributed by atoms with E-state index in [4.69, 9.17) is 11.6 Å². The van der Waals surface area contributed by atoms with E-state index in [0.717, 1.165) is 0 Å². The van der Waals surface area contributed by atoms with Crippen molar-refractivity contribution < 1.29 is 5.11 Å². The highest BCUT2D eigenvalue weighted by molar-refractivity contribution is 6.32. The van der Waals surface area contributed by atoms with Crippen molar-refractivity contribution in [3.05, 3.63) is 16.7 Å². The Morgan fingerprint density at radius 1 is 1.50 bits per heavy atom. The van der Waals surface area contributed by atoms with E-state index < -0.39 is 0 Å². The van der Waals surface area contributed by atoms with Crippen LogP contribution in [0.1, 0.15) is 25.3 Å². The maximum atomic E-state index is 9.88. The number of nitrogens with zero attached hydrogens (tertiary/aromatic N) is 2. The van der Waals surface area contributed by atoms with Gasteiger partial charge in [-0.05, 0) is 12.0 Å². The first kappa shape index (κ1) is 9.27. The van der Waals surface area contributed by atoms with Gasteiger partial charge in [0.25, 0.3) is 0 Å². The minimum atomic E-state index is 0.122. The van der Waals surface area contributed by atoms with E-state index >= 15 is 0 Å². The molecule has 1 aromatic heterocycles. The SMILES string of the molecule is CC(C)c1c(Cl)cc2[nH]nnc2c1O. The molecule has 14 heavy (non-hydrogen) atoms. The van der Waals surface area contributed by atoms with Crippen molar-refractivity contribution in [3.8, 4) is 5.75 Å². The quantitative estimate of drug-likeness (QED) is 0.762. The van der Waals surface area contributed by atoms with Crippen molar-refractivity contribution in [2.24, 2.45) is 0 Å². The molecule has 0 spiro atoms. The summed E-state index contributed by atoms with van der Waals surface area (Å²) in [6.07, 6.45) is 0. The van der Waals surface area contributed by atoms with Gasteiger partial charge in [-0.25, -0.2) is 0 Å². The average Bonchev–Trinajstić information content (AvgIpc) is 2.50. The Hall–Kier alpha value is -1.29. The largest absolute Gasteiger partial charge is 0.505 e. The summed E-state index contributed by atoms with van der Waals surface area (Å²) in [5.41, 5.74) is 1.84. The van der Waals surface area contributed by atoms with Crippen LogP contribution in [0.25, 0.3) is 11.0 Å². The summed E-state index contributed by atoms with van der Waals surface area (Å²) in [5, 5.41) is 20.5. The van der Waals surface area contributed by atoms with Gasteiger partial charge in [-0.15, -0.1) is 5.10 Å². The molecule has 2 rings (SSSR count). The number of aromatic hydroxyl groups is 1. The lowest BCUT2D eigenvalue weighted by molar-refractivity contribution is 0.470. The maximum absolute atomic E-state index is 9.88. The number of rotatable bonds is 1. The lowest BCUT2D eigenvalue weighted by Crippen LogP contribution is -1.90. The molecule has 4 nitrogen and oxygen atoms in total. The molecule has 0 aliphatic carbocycles. The molecule has 1 aromatic carbocycles. The number of aromatic nitrogens is 3. The summed E-state index contributed by atoms with van der Waals surface area (Å²) in [5.74, 6) is 0.278. The number of phenolic OH excluding ortho intramolecular Hbond substituents is 1.